The van der Waals surface area contributed by atoms with E-state index in [1.165, 1.54) is 0 Å². The molecule has 1 aromatic rings. The number of carbonyl (C=O) groups excluding carboxylic acids is 2. The van der Waals surface area contributed by atoms with E-state index in [0.29, 0.717) is 23.8 Å². The van der Waals surface area contributed by atoms with Crippen LogP contribution in [-0.2, 0) is 9.53 Å². The third-order valence-electron chi connectivity index (χ3n) is 4.16. The molecule has 1 atom stereocenters. The largest absolute Gasteiger partial charge is 0.462 e. The van der Waals surface area contributed by atoms with Crippen molar-refractivity contribution in [3.63, 3.8) is 0 Å². The number of hydrogen-bond acceptors (Lipinski definition) is 4. The maximum atomic E-state index is 12.6. The molecule has 1 heterocycles. The van der Waals surface area contributed by atoms with Gasteiger partial charge in [0.25, 0.3) is 0 Å². The summed E-state index contributed by atoms with van der Waals surface area (Å²) in [6.45, 7) is 6.25. The van der Waals surface area contributed by atoms with E-state index in [9.17, 15) is 9.59 Å². The van der Waals surface area contributed by atoms with Gasteiger partial charge in [0.15, 0.2) is 0 Å². The minimum Gasteiger partial charge on any atom is -0.462 e. The Labute approximate surface area is 149 Å². The summed E-state index contributed by atoms with van der Waals surface area (Å²) in [5.41, 5.74) is 2.86. The lowest BCUT2D eigenvalue weighted by Gasteiger charge is -2.28. The fourth-order valence-electron chi connectivity index (χ4n) is 2.64. The molecule has 0 bridgehead atoms. The average molecular weight is 345 g/mol. The summed E-state index contributed by atoms with van der Waals surface area (Å²) in [7, 11) is 3.92. The van der Waals surface area contributed by atoms with Crippen LogP contribution in [0.1, 0.15) is 38.8 Å². The molecule has 0 aromatic heterocycles. The van der Waals surface area contributed by atoms with Gasteiger partial charge in [0.2, 0.25) is 0 Å². The Hall–Kier alpha value is -2.50. The number of nitrogens with zero attached hydrogens (tertiary/aromatic N) is 1. The van der Waals surface area contributed by atoms with Gasteiger partial charge in [0, 0.05) is 25.5 Å². The summed E-state index contributed by atoms with van der Waals surface area (Å²) in [5, 5.41) is 5.48. The van der Waals surface area contributed by atoms with Gasteiger partial charge in [-0.1, -0.05) is 26.0 Å². The standard InChI is InChI=1S/C19H27N3O3/c1-12(2)10-11-25-18(23)16-13(3)20-19(24)21-17(16)14-6-8-15(9-7-14)22(4)5/h6-9,12,17H,10-11H2,1-5H3,(H2,20,21,24). The summed E-state index contributed by atoms with van der Waals surface area (Å²) < 4.78 is 5.42. The van der Waals surface area contributed by atoms with Crippen molar-refractivity contribution >= 4 is 17.7 Å². The molecule has 136 valence electrons. The van der Waals surface area contributed by atoms with Crippen LogP contribution < -0.4 is 15.5 Å². The molecular weight excluding hydrogens is 318 g/mol. The molecule has 1 unspecified atom stereocenters. The molecule has 0 fully saturated rings. The Morgan fingerprint density at radius 1 is 1.24 bits per heavy atom. The molecule has 6 heteroatoms. The number of hydrogen-bond donors (Lipinski definition) is 2. The van der Waals surface area contributed by atoms with Crippen LogP contribution >= 0.6 is 0 Å². The molecule has 2 amide bonds. The monoisotopic (exact) mass is 345 g/mol. The average Bonchev–Trinajstić information content (AvgIpc) is 2.53. The highest BCUT2D eigenvalue weighted by Gasteiger charge is 2.32. The van der Waals surface area contributed by atoms with Gasteiger partial charge in [-0.25, -0.2) is 9.59 Å². The predicted molar refractivity (Wildman–Crippen MR) is 98.3 cm³/mol. The van der Waals surface area contributed by atoms with Crippen LogP contribution in [0.4, 0.5) is 10.5 Å². The van der Waals surface area contributed by atoms with E-state index < -0.39 is 12.0 Å². The first-order valence-electron chi connectivity index (χ1n) is 8.52. The van der Waals surface area contributed by atoms with Crippen LogP contribution in [0.5, 0.6) is 0 Å². The van der Waals surface area contributed by atoms with Crippen LogP contribution in [0.2, 0.25) is 0 Å². The van der Waals surface area contributed by atoms with Crippen LogP contribution in [-0.4, -0.2) is 32.7 Å². The molecule has 25 heavy (non-hydrogen) atoms. The highest BCUT2D eigenvalue weighted by molar-refractivity contribution is 5.95. The number of benzene rings is 1. The summed E-state index contributed by atoms with van der Waals surface area (Å²) in [5.74, 6) is 0.0637. The molecule has 2 N–H and O–H groups in total. The third kappa shape index (κ3) is 4.75. The minimum atomic E-state index is -0.517. The van der Waals surface area contributed by atoms with E-state index in [1.807, 2.05) is 43.3 Å². The van der Waals surface area contributed by atoms with Crippen molar-refractivity contribution in [2.75, 3.05) is 25.6 Å². The zero-order chi connectivity index (χ0) is 18.6. The lowest BCUT2D eigenvalue weighted by Crippen LogP contribution is -2.45. The van der Waals surface area contributed by atoms with Crippen molar-refractivity contribution in [3.8, 4) is 0 Å². The van der Waals surface area contributed by atoms with E-state index in [-0.39, 0.29) is 6.03 Å². The van der Waals surface area contributed by atoms with E-state index in [2.05, 4.69) is 24.5 Å². The number of urea groups is 1. The van der Waals surface area contributed by atoms with Gasteiger partial charge < -0.3 is 20.3 Å². The van der Waals surface area contributed by atoms with Crippen molar-refractivity contribution in [3.05, 3.63) is 41.1 Å². The first-order valence-corrected chi connectivity index (χ1v) is 8.52. The number of esters is 1. The SMILES string of the molecule is CC1=C(C(=O)OCCC(C)C)C(c2ccc(N(C)C)cc2)NC(=O)N1. The Morgan fingerprint density at radius 3 is 2.44 bits per heavy atom. The third-order valence-corrected chi connectivity index (χ3v) is 4.16. The second kappa shape index (κ2) is 8.05. The molecule has 1 aliphatic rings. The highest BCUT2D eigenvalue weighted by Crippen LogP contribution is 2.28. The van der Waals surface area contributed by atoms with Crippen molar-refractivity contribution < 1.29 is 14.3 Å². The lowest BCUT2D eigenvalue weighted by molar-refractivity contribution is -0.139. The maximum Gasteiger partial charge on any atom is 0.338 e. The van der Waals surface area contributed by atoms with Crippen molar-refractivity contribution in [2.45, 2.75) is 33.2 Å². The summed E-state index contributed by atoms with van der Waals surface area (Å²) in [6, 6.07) is 6.91. The maximum absolute atomic E-state index is 12.6. The number of amides is 2. The van der Waals surface area contributed by atoms with Crippen LogP contribution in [0, 0.1) is 5.92 Å². The zero-order valence-corrected chi connectivity index (χ0v) is 15.6. The van der Waals surface area contributed by atoms with Gasteiger partial charge in [-0.15, -0.1) is 0 Å². The second-order valence-electron chi connectivity index (χ2n) is 6.87. The number of nitrogens with one attached hydrogen (secondary N) is 2. The van der Waals surface area contributed by atoms with Crippen LogP contribution in [0.25, 0.3) is 0 Å². The van der Waals surface area contributed by atoms with Gasteiger partial charge in [0.05, 0.1) is 18.2 Å². The number of allylic oxidation sites excluding steroid dienone is 1. The molecule has 0 radical (unpaired) electrons. The second-order valence-corrected chi connectivity index (χ2v) is 6.87. The van der Waals surface area contributed by atoms with Gasteiger partial charge in [-0.3, -0.25) is 0 Å². The van der Waals surface area contributed by atoms with Crippen molar-refractivity contribution in [2.24, 2.45) is 5.92 Å². The Morgan fingerprint density at radius 2 is 1.88 bits per heavy atom. The lowest BCUT2D eigenvalue weighted by atomic mass is 9.95. The predicted octanol–water partition coefficient (Wildman–Crippen LogP) is 2.97. The molecule has 2 rings (SSSR count). The zero-order valence-electron chi connectivity index (χ0n) is 15.6. The molecule has 0 saturated carbocycles. The van der Waals surface area contributed by atoms with Crippen molar-refractivity contribution in [1.29, 1.82) is 0 Å². The molecular formula is C19H27N3O3. The Bertz CT molecular complexity index is 663. The van der Waals surface area contributed by atoms with Gasteiger partial charge in [0.1, 0.15) is 0 Å². The highest BCUT2D eigenvalue weighted by atomic mass is 16.5. The van der Waals surface area contributed by atoms with Crippen LogP contribution in [0.3, 0.4) is 0 Å². The molecule has 0 spiro atoms. The Kier molecular flexibility index (Phi) is 6.07. The normalized spacial score (nSPS) is 17.2. The number of ether oxygens (including phenoxy) is 1. The van der Waals surface area contributed by atoms with Crippen LogP contribution in [0.15, 0.2) is 35.5 Å². The minimum absolute atomic E-state index is 0.321. The van der Waals surface area contributed by atoms with E-state index >= 15 is 0 Å². The molecule has 1 aromatic carbocycles. The Balaban J connectivity index is 2.25. The topological polar surface area (TPSA) is 70.7 Å². The molecule has 0 saturated heterocycles. The van der Waals surface area contributed by atoms with Gasteiger partial charge in [-0.05, 0) is 37.0 Å². The number of carbonyl (C=O) groups is 2. The van der Waals surface area contributed by atoms with Gasteiger partial charge in [-0.2, -0.15) is 0 Å². The fraction of sp³-hybridized carbons (Fsp3) is 0.474. The molecule has 0 aliphatic carbocycles. The first kappa shape index (κ1) is 18.8. The first-order chi connectivity index (χ1) is 11.8. The van der Waals surface area contributed by atoms with E-state index in [4.69, 9.17) is 4.74 Å². The molecule has 1 aliphatic heterocycles. The number of anilines is 1. The fourth-order valence-corrected chi connectivity index (χ4v) is 2.64. The summed E-state index contributed by atoms with van der Waals surface area (Å²) in [4.78, 5) is 26.5. The van der Waals surface area contributed by atoms with E-state index in [1.54, 1.807) is 6.92 Å². The summed E-state index contributed by atoms with van der Waals surface area (Å²) >= 11 is 0. The quantitative estimate of drug-likeness (QED) is 0.778. The summed E-state index contributed by atoms with van der Waals surface area (Å²) in [6.07, 6.45) is 0.806. The van der Waals surface area contributed by atoms with Crippen molar-refractivity contribution in [1.82, 2.24) is 10.6 Å². The van der Waals surface area contributed by atoms with Gasteiger partial charge >= 0.3 is 12.0 Å². The number of rotatable bonds is 6. The van der Waals surface area contributed by atoms with E-state index in [0.717, 1.165) is 17.7 Å². The molecule has 6 nitrogen and oxygen atoms in total. The smallest absolute Gasteiger partial charge is 0.338 e.